The van der Waals surface area contributed by atoms with E-state index in [1.54, 1.807) is 12.3 Å². The average molecular weight is 422 g/mol. The molecule has 0 unspecified atom stereocenters. The van der Waals surface area contributed by atoms with Crippen LogP contribution in [0.4, 0.5) is 21.2 Å². The minimum atomic E-state index is -0.335. The van der Waals surface area contributed by atoms with Crippen molar-refractivity contribution in [3.05, 3.63) is 54.0 Å². The lowest BCUT2D eigenvalue weighted by Gasteiger charge is -2.25. The number of halogens is 1. The summed E-state index contributed by atoms with van der Waals surface area (Å²) in [7, 11) is 0. The van der Waals surface area contributed by atoms with Crippen molar-refractivity contribution in [3.63, 3.8) is 0 Å². The number of anilines is 3. The molecule has 1 saturated heterocycles. The highest BCUT2D eigenvalue weighted by molar-refractivity contribution is 7.09. The molecule has 1 aliphatic heterocycles. The van der Waals surface area contributed by atoms with E-state index in [4.69, 9.17) is 4.74 Å². The van der Waals surface area contributed by atoms with Gasteiger partial charge in [-0.05, 0) is 31.2 Å². The minimum Gasteiger partial charge on any atom is -0.378 e. The number of aromatic nitrogens is 4. The summed E-state index contributed by atoms with van der Waals surface area (Å²) in [6.45, 7) is 4.95. The van der Waals surface area contributed by atoms with Crippen molar-refractivity contribution in [2.75, 3.05) is 36.5 Å². The number of nitrogens with one attached hydrogen (secondary N) is 1. The first-order valence-electron chi connectivity index (χ1n) is 9.64. The van der Waals surface area contributed by atoms with Crippen LogP contribution in [0.2, 0.25) is 0 Å². The Morgan fingerprint density at radius 3 is 2.80 bits per heavy atom. The highest BCUT2D eigenvalue weighted by Crippen LogP contribution is 2.35. The van der Waals surface area contributed by atoms with E-state index in [1.165, 1.54) is 23.7 Å². The maximum atomic E-state index is 13.9. The van der Waals surface area contributed by atoms with E-state index in [0.29, 0.717) is 30.4 Å². The summed E-state index contributed by atoms with van der Waals surface area (Å²) >= 11 is 1.35. The zero-order chi connectivity index (χ0) is 20.5. The van der Waals surface area contributed by atoms with Gasteiger partial charge in [0.15, 0.2) is 0 Å². The van der Waals surface area contributed by atoms with Crippen LogP contribution in [0.15, 0.2) is 42.6 Å². The van der Waals surface area contributed by atoms with Gasteiger partial charge in [-0.3, -0.25) is 4.98 Å². The first-order chi connectivity index (χ1) is 14.7. The molecule has 4 heterocycles. The first kappa shape index (κ1) is 18.8. The van der Waals surface area contributed by atoms with Gasteiger partial charge >= 0.3 is 0 Å². The van der Waals surface area contributed by atoms with Crippen molar-refractivity contribution >= 4 is 39.2 Å². The maximum Gasteiger partial charge on any atom is 0.240 e. The molecule has 152 valence electrons. The molecule has 1 N–H and O–H groups in total. The molecule has 1 aromatic carbocycles. The second-order valence-electron chi connectivity index (χ2n) is 6.96. The first-order valence-corrected chi connectivity index (χ1v) is 10.4. The van der Waals surface area contributed by atoms with Gasteiger partial charge in [-0.2, -0.15) is 9.36 Å². The Balaban J connectivity index is 1.58. The van der Waals surface area contributed by atoms with Gasteiger partial charge in [0.25, 0.3) is 0 Å². The fraction of sp³-hybridized carbons (Fsp3) is 0.238. The van der Waals surface area contributed by atoms with Gasteiger partial charge < -0.3 is 15.0 Å². The molecule has 7 nitrogen and oxygen atoms in total. The molecule has 0 saturated carbocycles. The second-order valence-corrected chi connectivity index (χ2v) is 7.69. The highest BCUT2D eigenvalue weighted by atomic mass is 32.1. The molecule has 9 heteroatoms. The average Bonchev–Trinajstić information content (AvgIpc) is 3.25. The molecule has 0 amide bonds. The van der Waals surface area contributed by atoms with Gasteiger partial charge in [-0.25, -0.2) is 9.37 Å². The summed E-state index contributed by atoms with van der Waals surface area (Å²) < 4.78 is 23.8. The molecular formula is C21H19FN6OS. The molecule has 1 aliphatic rings. The number of ether oxygens (including phenoxy) is 1. The zero-order valence-corrected chi connectivity index (χ0v) is 17.1. The van der Waals surface area contributed by atoms with Crippen molar-refractivity contribution in [1.29, 1.82) is 0 Å². The number of rotatable bonds is 4. The standard InChI is InChI=1S/C21H19FN6OS/c1-13-18(25-20-26-21(30-27-20)28-8-10-29-11-9-28)15-6-5-14(22)12-17(15)24-19(13)16-4-2-3-7-23-16/h2-7,12H,8-11H2,1H3,(H,24,25,27). The smallest absolute Gasteiger partial charge is 0.240 e. The quantitative estimate of drug-likeness (QED) is 0.529. The van der Waals surface area contributed by atoms with E-state index in [-0.39, 0.29) is 5.82 Å². The van der Waals surface area contributed by atoms with E-state index in [0.717, 1.165) is 40.6 Å². The third kappa shape index (κ3) is 3.57. The van der Waals surface area contributed by atoms with Crippen molar-refractivity contribution in [1.82, 2.24) is 19.3 Å². The number of morpholine rings is 1. The molecule has 0 atom stereocenters. The van der Waals surface area contributed by atoms with Gasteiger partial charge in [0.2, 0.25) is 11.1 Å². The Hall–Kier alpha value is -3.17. The second kappa shape index (κ2) is 7.92. The van der Waals surface area contributed by atoms with Crippen molar-refractivity contribution < 1.29 is 9.13 Å². The summed E-state index contributed by atoms with van der Waals surface area (Å²) in [6, 6.07) is 10.2. The fourth-order valence-corrected chi connectivity index (χ4v) is 4.19. The molecule has 0 aliphatic carbocycles. The Morgan fingerprint density at radius 1 is 1.13 bits per heavy atom. The summed E-state index contributed by atoms with van der Waals surface area (Å²) in [5.74, 6) is 0.173. The Labute approximate surface area is 176 Å². The third-order valence-corrected chi connectivity index (χ3v) is 5.81. The zero-order valence-electron chi connectivity index (χ0n) is 16.3. The van der Waals surface area contributed by atoms with Crippen LogP contribution in [0.5, 0.6) is 0 Å². The van der Waals surface area contributed by atoms with Gasteiger partial charge in [0, 0.05) is 47.8 Å². The van der Waals surface area contributed by atoms with Crippen LogP contribution < -0.4 is 10.2 Å². The number of fused-ring (bicyclic) bond motifs is 1. The number of pyridine rings is 2. The molecule has 0 bridgehead atoms. The van der Waals surface area contributed by atoms with E-state index < -0.39 is 0 Å². The van der Waals surface area contributed by atoms with Crippen LogP contribution in [0.1, 0.15) is 5.56 Å². The monoisotopic (exact) mass is 422 g/mol. The molecule has 0 spiro atoms. The fourth-order valence-electron chi connectivity index (χ4n) is 3.51. The molecular weight excluding hydrogens is 403 g/mol. The Kier molecular flexibility index (Phi) is 4.97. The van der Waals surface area contributed by atoms with E-state index in [2.05, 4.69) is 29.5 Å². The van der Waals surface area contributed by atoms with E-state index in [1.807, 2.05) is 25.1 Å². The van der Waals surface area contributed by atoms with Crippen LogP contribution in [0.25, 0.3) is 22.3 Å². The van der Waals surface area contributed by atoms with Crippen molar-refractivity contribution in [2.24, 2.45) is 0 Å². The van der Waals surface area contributed by atoms with Gasteiger partial charge in [0.1, 0.15) is 5.82 Å². The summed E-state index contributed by atoms with van der Waals surface area (Å²) in [4.78, 5) is 15.9. The lowest BCUT2D eigenvalue weighted by Crippen LogP contribution is -2.36. The Bertz CT molecular complexity index is 1190. The third-order valence-electron chi connectivity index (χ3n) is 5.03. The minimum absolute atomic E-state index is 0.335. The van der Waals surface area contributed by atoms with Gasteiger partial charge in [0.05, 0.1) is 35.8 Å². The number of nitrogens with zero attached hydrogens (tertiary/aromatic N) is 5. The summed E-state index contributed by atoms with van der Waals surface area (Å²) in [6.07, 6.45) is 1.72. The van der Waals surface area contributed by atoms with Crippen molar-refractivity contribution in [3.8, 4) is 11.4 Å². The van der Waals surface area contributed by atoms with Crippen LogP contribution in [0, 0.1) is 12.7 Å². The van der Waals surface area contributed by atoms with Gasteiger partial charge in [-0.15, -0.1) is 0 Å². The van der Waals surface area contributed by atoms with Crippen LogP contribution in [-0.2, 0) is 4.74 Å². The van der Waals surface area contributed by atoms with Crippen LogP contribution in [-0.4, -0.2) is 45.6 Å². The van der Waals surface area contributed by atoms with E-state index in [9.17, 15) is 4.39 Å². The Morgan fingerprint density at radius 2 is 2.00 bits per heavy atom. The predicted molar refractivity (Wildman–Crippen MR) is 116 cm³/mol. The summed E-state index contributed by atoms with van der Waals surface area (Å²) in [5, 5.41) is 5.00. The highest BCUT2D eigenvalue weighted by Gasteiger charge is 2.19. The lowest BCUT2D eigenvalue weighted by atomic mass is 10.0. The molecule has 5 rings (SSSR count). The van der Waals surface area contributed by atoms with E-state index >= 15 is 0 Å². The van der Waals surface area contributed by atoms with Crippen molar-refractivity contribution in [2.45, 2.75) is 6.92 Å². The van der Waals surface area contributed by atoms with Crippen LogP contribution in [0.3, 0.4) is 0 Å². The maximum absolute atomic E-state index is 13.9. The predicted octanol–water partition coefficient (Wildman–Crippen LogP) is 4.18. The van der Waals surface area contributed by atoms with Crippen LogP contribution >= 0.6 is 11.5 Å². The van der Waals surface area contributed by atoms with Gasteiger partial charge in [-0.1, -0.05) is 6.07 Å². The molecule has 30 heavy (non-hydrogen) atoms. The number of benzene rings is 1. The molecule has 0 radical (unpaired) electrons. The topological polar surface area (TPSA) is 76.1 Å². The molecule has 1 fully saturated rings. The number of hydrogen-bond acceptors (Lipinski definition) is 8. The SMILES string of the molecule is Cc1c(-c2ccccn2)nc2cc(F)ccc2c1Nc1nsc(N2CCOCC2)n1. The number of hydrogen-bond donors (Lipinski definition) is 1. The molecule has 4 aromatic rings. The lowest BCUT2D eigenvalue weighted by molar-refractivity contribution is 0.122. The summed E-state index contributed by atoms with van der Waals surface area (Å²) in [5.41, 5.74) is 3.67. The normalized spacial score (nSPS) is 14.3. The molecule has 3 aromatic heterocycles. The largest absolute Gasteiger partial charge is 0.378 e.